The van der Waals surface area contributed by atoms with Gasteiger partial charge in [-0.05, 0) is 30.5 Å². The van der Waals surface area contributed by atoms with Gasteiger partial charge in [0.1, 0.15) is 17.5 Å². The zero-order valence-corrected chi connectivity index (χ0v) is 14.8. The number of thiophene rings is 1. The van der Waals surface area contributed by atoms with Gasteiger partial charge >= 0.3 is 0 Å². The Morgan fingerprint density at radius 3 is 2.48 bits per heavy atom. The van der Waals surface area contributed by atoms with Crippen molar-refractivity contribution in [3.63, 3.8) is 0 Å². The lowest BCUT2D eigenvalue weighted by molar-refractivity contribution is 0.0747. The highest BCUT2D eigenvalue weighted by Crippen LogP contribution is 2.19. The summed E-state index contributed by atoms with van der Waals surface area (Å²) < 4.78 is 1.98. The van der Waals surface area contributed by atoms with E-state index in [4.69, 9.17) is 0 Å². The first-order chi connectivity index (χ1) is 12.2. The summed E-state index contributed by atoms with van der Waals surface area (Å²) in [4.78, 5) is 25.7. The average Bonchev–Trinajstić information content (AvgIpc) is 3.34. The summed E-state index contributed by atoms with van der Waals surface area (Å²) >= 11 is 1.55. The van der Waals surface area contributed by atoms with Crippen LogP contribution in [0.1, 0.15) is 16.2 Å². The van der Waals surface area contributed by atoms with Crippen molar-refractivity contribution in [2.75, 3.05) is 31.1 Å². The molecule has 0 unspecified atom stereocenters. The van der Waals surface area contributed by atoms with Crippen molar-refractivity contribution >= 4 is 23.1 Å². The van der Waals surface area contributed by atoms with Crippen molar-refractivity contribution in [3.8, 4) is 5.82 Å². The second kappa shape index (κ2) is 6.68. The molecular weight excluding hydrogens is 334 g/mol. The molecule has 25 heavy (non-hydrogen) atoms. The summed E-state index contributed by atoms with van der Waals surface area (Å²) in [5, 5.41) is 3.85. The molecule has 0 N–H and O–H groups in total. The SMILES string of the molecule is Cc1nc(N2CCN(C(=O)c3ccsc3)CC2)cc(-n2cccc2)n1. The standard InChI is InChI=1S/C18H19N5OS/c1-14-19-16(21-5-2-3-6-21)12-17(20-14)22-7-9-23(10-8-22)18(24)15-4-11-25-13-15/h2-6,11-13H,7-10H2,1H3. The maximum atomic E-state index is 12.5. The Balaban J connectivity index is 1.48. The van der Waals surface area contributed by atoms with Gasteiger partial charge in [0.25, 0.3) is 5.91 Å². The Kier molecular flexibility index (Phi) is 4.23. The normalized spacial score (nSPS) is 14.8. The second-order valence-corrected chi connectivity index (χ2v) is 6.79. The zero-order chi connectivity index (χ0) is 17.2. The Morgan fingerprint density at radius 1 is 1.08 bits per heavy atom. The van der Waals surface area contributed by atoms with Gasteiger partial charge in [-0.2, -0.15) is 11.3 Å². The second-order valence-electron chi connectivity index (χ2n) is 6.01. The average molecular weight is 353 g/mol. The van der Waals surface area contributed by atoms with Gasteiger partial charge in [0, 0.05) is 50.0 Å². The number of anilines is 1. The van der Waals surface area contributed by atoms with Gasteiger partial charge in [-0.25, -0.2) is 9.97 Å². The van der Waals surface area contributed by atoms with Crippen LogP contribution < -0.4 is 4.90 Å². The van der Waals surface area contributed by atoms with Gasteiger partial charge in [0.15, 0.2) is 0 Å². The molecule has 1 aliphatic rings. The Hall–Kier alpha value is -2.67. The van der Waals surface area contributed by atoms with Gasteiger partial charge in [-0.1, -0.05) is 0 Å². The van der Waals surface area contributed by atoms with E-state index in [1.54, 1.807) is 11.3 Å². The predicted octanol–water partition coefficient (Wildman–Crippen LogP) is 2.60. The van der Waals surface area contributed by atoms with E-state index >= 15 is 0 Å². The van der Waals surface area contributed by atoms with E-state index in [2.05, 4.69) is 14.9 Å². The van der Waals surface area contributed by atoms with Crippen LogP contribution in [-0.4, -0.2) is 51.5 Å². The summed E-state index contributed by atoms with van der Waals surface area (Å²) in [7, 11) is 0. The molecule has 6 nitrogen and oxygen atoms in total. The van der Waals surface area contributed by atoms with Crippen LogP contribution >= 0.6 is 11.3 Å². The van der Waals surface area contributed by atoms with Crippen LogP contribution in [0.25, 0.3) is 5.82 Å². The van der Waals surface area contributed by atoms with Crippen LogP contribution in [0.3, 0.4) is 0 Å². The molecular formula is C18H19N5OS. The fourth-order valence-electron chi connectivity index (χ4n) is 3.03. The molecule has 4 heterocycles. The van der Waals surface area contributed by atoms with Crippen LogP contribution in [0.15, 0.2) is 47.4 Å². The first kappa shape index (κ1) is 15.8. The summed E-state index contributed by atoms with van der Waals surface area (Å²) in [5.41, 5.74) is 0.784. The van der Waals surface area contributed by atoms with Gasteiger partial charge < -0.3 is 14.4 Å². The maximum Gasteiger partial charge on any atom is 0.254 e. The lowest BCUT2D eigenvalue weighted by Gasteiger charge is -2.35. The molecule has 1 saturated heterocycles. The van der Waals surface area contributed by atoms with E-state index in [0.717, 1.165) is 36.1 Å². The quantitative estimate of drug-likeness (QED) is 0.726. The number of hydrogen-bond acceptors (Lipinski definition) is 5. The highest BCUT2D eigenvalue weighted by molar-refractivity contribution is 7.08. The molecule has 0 bridgehead atoms. The molecule has 3 aromatic heterocycles. The van der Waals surface area contributed by atoms with E-state index in [9.17, 15) is 4.79 Å². The number of carbonyl (C=O) groups excluding carboxylic acids is 1. The Morgan fingerprint density at radius 2 is 1.80 bits per heavy atom. The van der Waals surface area contributed by atoms with Crippen molar-refractivity contribution in [2.24, 2.45) is 0 Å². The van der Waals surface area contributed by atoms with Crippen molar-refractivity contribution in [3.05, 3.63) is 58.8 Å². The van der Waals surface area contributed by atoms with E-state index < -0.39 is 0 Å². The summed E-state index contributed by atoms with van der Waals surface area (Å²) in [6.07, 6.45) is 3.95. The minimum atomic E-state index is 0.118. The highest BCUT2D eigenvalue weighted by Gasteiger charge is 2.23. The fraction of sp³-hybridized carbons (Fsp3) is 0.278. The molecule has 128 valence electrons. The monoisotopic (exact) mass is 353 g/mol. The summed E-state index contributed by atoms with van der Waals surface area (Å²) in [5.74, 6) is 2.65. The van der Waals surface area contributed by atoms with Crippen molar-refractivity contribution in [2.45, 2.75) is 6.92 Å². The highest BCUT2D eigenvalue weighted by atomic mass is 32.1. The van der Waals surface area contributed by atoms with Gasteiger partial charge in [0.05, 0.1) is 5.56 Å². The van der Waals surface area contributed by atoms with Gasteiger partial charge in [-0.3, -0.25) is 4.79 Å². The Bertz CT molecular complexity index is 852. The molecule has 0 aromatic carbocycles. The lowest BCUT2D eigenvalue weighted by Crippen LogP contribution is -2.49. The first-order valence-corrected chi connectivity index (χ1v) is 9.20. The number of amides is 1. The largest absolute Gasteiger partial charge is 0.353 e. The summed E-state index contributed by atoms with van der Waals surface area (Å²) in [6, 6.07) is 7.84. The molecule has 1 fully saturated rings. The van der Waals surface area contributed by atoms with Crippen LogP contribution in [0.2, 0.25) is 0 Å². The number of piperazine rings is 1. The van der Waals surface area contributed by atoms with Gasteiger partial charge in [0.2, 0.25) is 0 Å². The number of nitrogens with zero attached hydrogens (tertiary/aromatic N) is 5. The number of hydrogen-bond donors (Lipinski definition) is 0. The first-order valence-electron chi connectivity index (χ1n) is 8.26. The zero-order valence-electron chi connectivity index (χ0n) is 14.0. The number of carbonyl (C=O) groups is 1. The minimum Gasteiger partial charge on any atom is -0.353 e. The number of rotatable bonds is 3. The van der Waals surface area contributed by atoms with Crippen LogP contribution in [0.5, 0.6) is 0 Å². The molecule has 1 aliphatic heterocycles. The molecule has 0 saturated carbocycles. The van der Waals surface area contributed by atoms with E-state index in [1.807, 2.05) is 63.8 Å². The maximum absolute atomic E-state index is 12.5. The van der Waals surface area contributed by atoms with Crippen LogP contribution in [-0.2, 0) is 0 Å². The smallest absolute Gasteiger partial charge is 0.254 e. The summed E-state index contributed by atoms with van der Waals surface area (Å²) in [6.45, 7) is 4.87. The molecule has 3 aromatic rings. The molecule has 7 heteroatoms. The molecule has 0 spiro atoms. The van der Waals surface area contributed by atoms with Crippen molar-refractivity contribution < 1.29 is 4.79 Å². The Labute approximate surface area is 150 Å². The molecule has 0 aliphatic carbocycles. The third kappa shape index (κ3) is 3.28. The third-order valence-electron chi connectivity index (χ3n) is 4.34. The number of aryl methyl sites for hydroxylation is 1. The van der Waals surface area contributed by atoms with E-state index in [0.29, 0.717) is 13.1 Å². The van der Waals surface area contributed by atoms with Crippen molar-refractivity contribution in [1.82, 2.24) is 19.4 Å². The topological polar surface area (TPSA) is 54.3 Å². The minimum absolute atomic E-state index is 0.118. The lowest BCUT2D eigenvalue weighted by atomic mass is 10.2. The molecule has 0 radical (unpaired) electrons. The molecule has 1 amide bonds. The van der Waals surface area contributed by atoms with Crippen molar-refractivity contribution in [1.29, 1.82) is 0 Å². The number of aromatic nitrogens is 3. The van der Waals surface area contributed by atoms with E-state index in [-0.39, 0.29) is 5.91 Å². The molecule has 4 rings (SSSR count). The van der Waals surface area contributed by atoms with E-state index in [1.165, 1.54) is 0 Å². The third-order valence-corrected chi connectivity index (χ3v) is 5.02. The molecule has 0 atom stereocenters. The van der Waals surface area contributed by atoms with Crippen LogP contribution in [0.4, 0.5) is 5.82 Å². The fourth-order valence-corrected chi connectivity index (χ4v) is 3.66. The predicted molar refractivity (Wildman–Crippen MR) is 98.5 cm³/mol. The van der Waals surface area contributed by atoms with Crippen LogP contribution in [0, 0.1) is 6.92 Å². The van der Waals surface area contributed by atoms with Gasteiger partial charge in [-0.15, -0.1) is 0 Å².